The quantitative estimate of drug-likeness (QED) is 0.747. The summed E-state index contributed by atoms with van der Waals surface area (Å²) < 4.78 is 7.39. The number of likely N-dealkylation sites (tertiary alicyclic amines) is 1. The Labute approximate surface area is 126 Å². The number of aromatic nitrogens is 2. The molecule has 0 unspecified atom stereocenters. The van der Waals surface area contributed by atoms with Gasteiger partial charge in [-0.25, -0.2) is 0 Å². The molecule has 0 aliphatic carbocycles. The van der Waals surface area contributed by atoms with E-state index in [1.807, 2.05) is 19.4 Å². The van der Waals surface area contributed by atoms with E-state index in [9.17, 15) is 4.79 Å². The van der Waals surface area contributed by atoms with Gasteiger partial charge in [0.2, 0.25) is 5.91 Å². The molecule has 118 valence electrons. The van der Waals surface area contributed by atoms with Gasteiger partial charge in [-0.15, -0.1) is 0 Å². The van der Waals surface area contributed by atoms with Crippen molar-refractivity contribution in [2.45, 2.75) is 19.8 Å². The van der Waals surface area contributed by atoms with Crippen LogP contribution in [0.4, 0.5) is 0 Å². The third-order valence-corrected chi connectivity index (χ3v) is 3.92. The summed E-state index contributed by atoms with van der Waals surface area (Å²) in [5.41, 5.74) is 6.65. The number of hydrogen-bond donors (Lipinski definition) is 1. The van der Waals surface area contributed by atoms with Crippen LogP contribution >= 0.6 is 0 Å². The van der Waals surface area contributed by atoms with Gasteiger partial charge >= 0.3 is 0 Å². The highest BCUT2D eigenvalue weighted by molar-refractivity contribution is 5.78. The van der Waals surface area contributed by atoms with Gasteiger partial charge in [0, 0.05) is 45.4 Å². The number of carbonyl (C=O) groups excluding carboxylic acids is 1. The standard InChI is InChI=1S/C15H26N4O2/c1-11(2)10-21-5-4-19-8-13(14(9-19)15(16)20)12-6-17-18(3)7-12/h6-7,11,13-14H,4-5,8-10H2,1-3H3,(H2,16,20)/t13-,14+/m1/s1. The van der Waals surface area contributed by atoms with E-state index in [-0.39, 0.29) is 17.7 Å². The van der Waals surface area contributed by atoms with Crippen LogP contribution in [0.3, 0.4) is 0 Å². The molecule has 1 amide bonds. The van der Waals surface area contributed by atoms with Gasteiger partial charge in [-0.3, -0.25) is 14.4 Å². The van der Waals surface area contributed by atoms with E-state index in [0.29, 0.717) is 19.1 Å². The molecule has 0 bridgehead atoms. The average molecular weight is 294 g/mol. The van der Waals surface area contributed by atoms with Gasteiger partial charge in [0.05, 0.1) is 18.7 Å². The molecular formula is C15H26N4O2. The second kappa shape index (κ2) is 7.04. The Kier molecular flexibility index (Phi) is 5.36. The number of ether oxygens (including phenoxy) is 1. The van der Waals surface area contributed by atoms with E-state index < -0.39 is 0 Å². The molecule has 2 N–H and O–H groups in total. The lowest BCUT2D eigenvalue weighted by atomic mass is 9.90. The molecule has 1 aromatic rings. The maximum Gasteiger partial charge on any atom is 0.222 e. The van der Waals surface area contributed by atoms with Crippen LogP contribution in [0, 0.1) is 11.8 Å². The van der Waals surface area contributed by atoms with E-state index in [2.05, 4.69) is 23.8 Å². The summed E-state index contributed by atoms with van der Waals surface area (Å²) in [6.07, 6.45) is 3.80. The Morgan fingerprint density at radius 3 is 2.86 bits per heavy atom. The van der Waals surface area contributed by atoms with Crippen molar-refractivity contribution in [3.05, 3.63) is 18.0 Å². The first-order chi connectivity index (χ1) is 9.97. The summed E-state index contributed by atoms with van der Waals surface area (Å²) in [4.78, 5) is 14.0. The third kappa shape index (κ3) is 4.28. The molecule has 1 aliphatic heterocycles. The highest BCUT2D eigenvalue weighted by Gasteiger charge is 2.37. The second-order valence-electron chi connectivity index (χ2n) is 6.29. The lowest BCUT2D eigenvalue weighted by Crippen LogP contribution is -2.30. The summed E-state index contributed by atoms with van der Waals surface area (Å²) in [5, 5.41) is 4.20. The molecule has 2 atom stereocenters. The second-order valence-corrected chi connectivity index (χ2v) is 6.29. The van der Waals surface area contributed by atoms with Crippen molar-refractivity contribution >= 4 is 5.91 Å². The van der Waals surface area contributed by atoms with Crippen LogP contribution in [-0.4, -0.2) is 53.4 Å². The summed E-state index contributed by atoms with van der Waals surface area (Å²) in [6.45, 7) is 8.13. The number of nitrogens with zero attached hydrogens (tertiary/aromatic N) is 3. The molecule has 2 heterocycles. The van der Waals surface area contributed by atoms with E-state index in [1.165, 1.54) is 0 Å². The Morgan fingerprint density at radius 1 is 1.52 bits per heavy atom. The van der Waals surface area contributed by atoms with Gasteiger partial charge in [-0.2, -0.15) is 5.10 Å². The van der Waals surface area contributed by atoms with Gasteiger partial charge in [0.15, 0.2) is 0 Å². The van der Waals surface area contributed by atoms with Crippen molar-refractivity contribution in [2.75, 3.05) is 32.8 Å². The summed E-state index contributed by atoms with van der Waals surface area (Å²) in [5.74, 6) is 0.320. The first-order valence-corrected chi connectivity index (χ1v) is 7.55. The van der Waals surface area contributed by atoms with E-state index in [0.717, 1.165) is 25.3 Å². The molecule has 6 nitrogen and oxygen atoms in total. The molecule has 0 radical (unpaired) electrons. The molecule has 1 aromatic heterocycles. The molecule has 2 rings (SSSR count). The van der Waals surface area contributed by atoms with Crippen molar-refractivity contribution in [1.29, 1.82) is 0 Å². The topological polar surface area (TPSA) is 73.4 Å². The fourth-order valence-corrected chi connectivity index (χ4v) is 2.84. The molecule has 1 aliphatic rings. The molecule has 1 fully saturated rings. The number of rotatable bonds is 7. The fraction of sp³-hybridized carbons (Fsp3) is 0.733. The minimum absolute atomic E-state index is 0.140. The number of hydrogen-bond acceptors (Lipinski definition) is 4. The first-order valence-electron chi connectivity index (χ1n) is 7.55. The van der Waals surface area contributed by atoms with Crippen LogP contribution in [0.25, 0.3) is 0 Å². The lowest BCUT2D eigenvalue weighted by molar-refractivity contribution is -0.121. The molecule has 0 spiro atoms. The fourth-order valence-electron chi connectivity index (χ4n) is 2.84. The van der Waals surface area contributed by atoms with E-state index in [4.69, 9.17) is 10.5 Å². The minimum Gasteiger partial charge on any atom is -0.380 e. The van der Waals surface area contributed by atoms with Gasteiger partial charge in [0.25, 0.3) is 0 Å². The van der Waals surface area contributed by atoms with Crippen LogP contribution in [0.15, 0.2) is 12.4 Å². The van der Waals surface area contributed by atoms with Crippen molar-refractivity contribution in [1.82, 2.24) is 14.7 Å². The molecule has 21 heavy (non-hydrogen) atoms. The van der Waals surface area contributed by atoms with Crippen molar-refractivity contribution in [2.24, 2.45) is 24.6 Å². The maximum atomic E-state index is 11.7. The highest BCUT2D eigenvalue weighted by atomic mass is 16.5. The minimum atomic E-state index is -0.227. The van der Waals surface area contributed by atoms with Crippen molar-refractivity contribution < 1.29 is 9.53 Å². The zero-order valence-electron chi connectivity index (χ0n) is 13.2. The van der Waals surface area contributed by atoms with Crippen LogP contribution in [-0.2, 0) is 16.6 Å². The van der Waals surface area contributed by atoms with Gasteiger partial charge < -0.3 is 10.5 Å². The third-order valence-electron chi connectivity index (χ3n) is 3.92. The van der Waals surface area contributed by atoms with E-state index in [1.54, 1.807) is 4.68 Å². The largest absolute Gasteiger partial charge is 0.380 e. The molecule has 6 heteroatoms. The Morgan fingerprint density at radius 2 is 2.29 bits per heavy atom. The SMILES string of the molecule is CC(C)COCCN1C[C@H](C(N)=O)[C@@H](c2cnn(C)c2)C1. The Bertz CT molecular complexity index is 472. The summed E-state index contributed by atoms with van der Waals surface area (Å²) in [7, 11) is 1.88. The maximum absolute atomic E-state index is 11.7. The van der Waals surface area contributed by atoms with Gasteiger partial charge in [-0.1, -0.05) is 13.8 Å². The van der Waals surface area contributed by atoms with Gasteiger partial charge in [-0.05, 0) is 11.5 Å². The molecule has 0 aromatic carbocycles. The number of aryl methyl sites for hydroxylation is 1. The number of primary amides is 1. The molecule has 1 saturated heterocycles. The van der Waals surface area contributed by atoms with Crippen LogP contribution in [0.1, 0.15) is 25.3 Å². The Balaban J connectivity index is 1.91. The monoisotopic (exact) mass is 294 g/mol. The Hall–Kier alpha value is -1.40. The van der Waals surface area contributed by atoms with Gasteiger partial charge in [0.1, 0.15) is 0 Å². The zero-order valence-corrected chi connectivity index (χ0v) is 13.2. The summed E-state index contributed by atoms with van der Waals surface area (Å²) in [6, 6.07) is 0. The number of nitrogens with two attached hydrogens (primary N) is 1. The molecule has 0 saturated carbocycles. The zero-order chi connectivity index (χ0) is 15.4. The van der Waals surface area contributed by atoms with E-state index >= 15 is 0 Å². The highest BCUT2D eigenvalue weighted by Crippen LogP contribution is 2.32. The normalized spacial score (nSPS) is 23.0. The van der Waals surface area contributed by atoms with Crippen molar-refractivity contribution in [3.8, 4) is 0 Å². The average Bonchev–Trinajstić information content (AvgIpc) is 3.00. The molecular weight excluding hydrogens is 268 g/mol. The van der Waals surface area contributed by atoms with Crippen LogP contribution < -0.4 is 5.73 Å². The number of amides is 1. The van der Waals surface area contributed by atoms with Crippen LogP contribution in [0.5, 0.6) is 0 Å². The predicted molar refractivity (Wildman–Crippen MR) is 80.7 cm³/mol. The predicted octanol–water partition coefficient (Wildman–Crippen LogP) is 0.593. The lowest BCUT2D eigenvalue weighted by Gasteiger charge is -2.16. The first kappa shape index (κ1) is 16.0. The number of carbonyl (C=O) groups is 1. The summed E-state index contributed by atoms with van der Waals surface area (Å²) >= 11 is 0. The van der Waals surface area contributed by atoms with Crippen LogP contribution in [0.2, 0.25) is 0 Å². The smallest absolute Gasteiger partial charge is 0.222 e. The van der Waals surface area contributed by atoms with Crippen molar-refractivity contribution in [3.63, 3.8) is 0 Å².